The van der Waals surface area contributed by atoms with Crippen molar-refractivity contribution >= 4 is 5.97 Å². The summed E-state index contributed by atoms with van der Waals surface area (Å²) in [5.74, 6) is -0.777. The first kappa shape index (κ1) is 22.4. The number of carbonyl (C=O) groups is 1. The number of allylic oxidation sites excluding steroid dienone is 5. The van der Waals surface area contributed by atoms with Gasteiger partial charge in [0, 0.05) is 6.42 Å². The minimum atomic E-state index is -0.777. The van der Waals surface area contributed by atoms with Crippen molar-refractivity contribution in [3.63, 3.8) is 0 Å². The van der Waals surface area contributed by atoms with Crippen LogP contribution < -0.4 is 0 Å². The summed E-state index contributed by atoms with van der Waals surface area (Å²) in [5.41, 5.74) is 0. The number of carboxylic acid groups (broad SMARTS) is 1. The van der Waals surface area contributed by atoms with Crippen LogP contribution in [0.15, 0.2) is 48.6 Å². The second-order valence-electron chi connectivity index (χ2n) is 5.78. The molecule has 136 valence electrons. The lowest BCUT2D eigenvalue weighted by molar-refractivity contribution is -0.137. The smallest absolute Gasteiger partial charge is 0.303 e. The van der Waals surface area contributed by atoms with Gasteiger partial charge in [-0.1, -0.05) is 74.8 Å². The average molecular weight is 336 g/mol. The van der Waals surface area contributed by atoms with E-state index in [1.807, 2.05) is 30.4 Å². The maximum Gasteiger partial charge on any atom is 0.303 e. The van der Waals surface area contributed by atoms with E-state index in [1.165, 1.54) is 0 Å². The zero-order chi connectivity index (χ0) is 18.0. The fourth-order valence-electron chi connectivity index (χ4n) is 2.02. The molecule has 0 aliphatic rings. The average Bonchev–Trinajstić information content (AvgIpc) is 2.54. The van der Waals surface area contributed by atoms with Gasteiger partial charge in [-0.15, -0.1) is 0 Å². The summed E-state index contributed by atoms with van der Waals surface area (Å²) in [4.78, 5) is 10.3. The number of aliphatic hydroxyl groups is 2. The Kier molecular flexibility index (Phi) is 15.1. The number of hydrogen-bond acceptors (Lipinski definition) is 3. The SMILES string of the molecule is CCCCCC(O)C=CC=C/C=C/C(O)C/C=C\CCCC(=O)O. The lowest BCUT2D eigenvalue weighted by Crippen LogP contribution is -2.00. The molecule has 0 radical (unpaired) electrons. The van der Waals surface area contributed by atoms with Gasteiger partial charge < -0.3 is 15.3 Å². The number of carboxylic acids is 1. The first-order valence-corrected chi connectivity index (χ1v) is 8.80. The fraction of sp³-hybridized carbons (Fsp3) is 0.550. The molecule has 0 bridgehead atoms. The minimum Gasteiger partial charge on any atom is -0.481 e. The molecule has 2 unspecified atom stereocenters. The van der Waals surface area contributed by atoms with Crippen LogP contribution in [0.25, 0.3) is 0 Å². The number of aliphatic hydroxyl groups excluding tert-OH is 2. The van der Waals surface area contributed by atoms with Gasteiger partial charge in [0.15, 0.2) is 0 Å². The Hall–Kier alpha value is -1.65. The predicted molar refractivity (Wildman–Crippen MR) is 98.8 cm³/mol. The van der Waals surface area contributed by atoms with Crippen LogP contribution in [0.4, 0.5) is 0 Å². The van der Waals surface area contributed by atoms with Crippen molar-refractivity contribution in [3.05, 3.63) is 48.6 Å². The molecule has 0 aromatic rings. The molecule has 3 N–H and O–H groups in total. The molecule has 4 heteroatoms. The third kappa shape index (κ3) is 16.7. The second-order valence-corrected chi connectivity index (χ2v) is 5.78. The van der Waals surface area contributed by atoms with Gasteiger partial charge in [0.1, 0.15) is 0 Å². The van der Waals surface area contributed by atoms with Gasteiger partial charge in [-0.2, -0.15) is 0 Å². The molecule has 0 saturated carbocycles. The van der Waals surface area contributed by atoms with Crippen molar-refractivity contribution in [2.45, 2.75) is 70.5 Å². The topological polar surface area (TPSA) is 77.8 Å². The van der Waals surface area contributed by atoms with Crippen LogP contribution >= 0.6 is 0 Å². The molecule has 2 atom stereocenters. The largest absolute Gasteiger partial charge is 0.481 e. The lowest BCUT2D eigenvalue weighted by atomic mass is 10.1. The lowest BCUT2D eigenvalue weighted by Gasteiger charge is -2.02. The van der Waals surface area contributed by atoms with Gasteiger partial charge in [0.05, 0.1) is 12.2 Å². The number of aliphatic carboxylic acids is 1. The van der Waals surface area contributed by atoms with Crippen LogP contribution in [0.2, 0.25) is 0 Å². The van der Waals surface area contributed by atoms with Crippen LogP contribution in [0.3, 0.4) is 0 Å². The van der Waals surface area contributed by atoms with Crippen molar-refractivity contribution < 1.29 is 20.1 Å². The first-order valence-electron chi connectivity index (χ1n) is 8.80. The molecule has 0 aliphatic heterocycles. The molecule has 0 aromatic heterocycles. The van der Waals surface area contributed by atoms with E-state index in [0.29, 0.717) is 19.3 Å². The highest BCUT2D eigenvalue weighted by Crippen LogP contribution is 2.04. The van der Waals surface area contributed by atoms with Crippen molar-refractivity contribution in [1.82, 2.24) is 0 Å². The van der Waals surface area contributed by atoms with E-state index in [4.69, 9.17) is 5.11 Å². The number of hydrogen-bond donors (Lipinski definition) is 3. The summed E-state index contributed by atoms with van der Waals surface area (Å²) in [6, 6.07) is 0. The molecule has 0 fully saturated rings. The Labute approximate surface area is 145 Å². The van der Waals surface area contributed by atoms with Crippen molar-refractivity contribution in [1.29, 1.82) is 0 Å². The monoisotopic (exact) mass is 336 g/mol. The second kappa shape index (κ2) is 16.2. The first-order chi connectivity index (χ1) is 11.6. The summed E-state index contributed by atoms with van der Waals surface area (Å²) >= 11 is 0. The summed E-state index contributed by atoms with van der Waals surface area (Å²) in [5, 5.41) is 27.9. The molecule has 4 nitrogen and oxygen atoms in total. The van der Waals surface area contributed by atoms with Crippen LogP contribution in [-0.4, -0.2) is 33.5 Å². The van der Waals surface area contributed by atoms with E-state index in [1.54, 1.807) is 18.2 Å². The zero-order valence-corrected chi connectivity index (χ0v) is 14.7. The van der Waals surface area contributed by atoms with Crippen LogP contribution in [0.5, 0.6) is 0 Å². The molecule has 24 heavy (non-hydrogen) atoms. The number of unbranched alkanes of at least 4 members (excludes halogenated alkanes) is 3. The molecule has 0 spiro atoms. The van der Waals surface area contributed by atoms with Crippen LogP contribution in [-0.2, 0) is 4.79 Å². The third-order valence-corrected chi connectivity index (χ3v) is 3.41. The summed E-state index contributed by atoms with van der Waals surface area (Å²) in [6.07, 6.45) is 19.7. The van der Waals surface area contributed by atoms with Gasteiger partial charge >= 0.3 is 5.97 Å². The standard InChI is InChI=1S/C20H32O4/c1-2-3-8-13-18(21)14-9-4-5-10-15-19(22)16-11-6-7-12-17-20(23)24/h4-6,9-11,14-15,18-19,21-22H,2-3,7-8,12-13,16-17H2,1H3,(H,23,24)/b5-4?,11-6-,14-9?,15-10+. The van der Waals surface area contributed by atoms with Crippen molar-refractivity contribution in [2.24, 2.45) is 0 Å². The van der Waals surface area contributed by atoms with E-state index >= 15 is 0 Å². The van der Waals surface area contributed by atoms with Crippen molar-refractivity contribution in [3.8, 4) is 0 Å². The Bertz CT molecular complexity index is 421. The molecule has 0 rings (SSSR count). The molecule has 0 aromatic carbocycles. The normalized spacial score (nSPS) is 15.1. The van der Waals surface area contributed by atoms with Gasteiger partial charge in [-0.25, -0.2) is 0 Å². The third-order valence-electron chi connectivity index (χ3n) is 3.41. The predicted octanol–water partition coefficient (Wildman–Crippen LogP) is 4.16. The zero-order valence-electron chi connectivity index (χ0n) is 14.7. The highest BCUT2D eigenvalue weighted by atomic mass is 16.4. The molecule has 0 saturated heterocycles. The van der Waals surface area contributed by atoms with E-state index < -0.39 is 12.1 Å². The van der Waals surface area contributed by atoms with Crippen LogP contribution in [0.1, 0.15) is 58.3 Å². The van der Waals surface area contributed by atoms with E-state index in [-0.39, 0.29) is 12.5 Å². The summed E-state index contributed by atoms with van der Waals surface area (Å²) in [6.45, 7) is 2.14. The highest BCUT2D eigenvalue weighted by molar-refractivity contribution is 5.66. The summed E-state index contributed by atoms with van der Waals surface area (Å²) < 4.78 is 0. The fourth-order valence-corrected chi connectivity index (χ4v) is 2.02. The van der Waals surface area contributed by atoms with Gasteiger partial charge in [0.25, 0.3) is 0 Å². The molecular formula is C20H32O4. The number of rotatable bonds is 14. The molecular weight excluding hydrogens is 304 g/mol. The maximum absolute atomic E-state index is 10.3. The Morgan fingerprint density at radius 2 is 1.58 bits per heavy atom. The summed E-state index contributed by atoms with van der Waals surface area (Å²) in [7, 11) is 0. The van der Waals surface area contributed by atoms with E-state index in [2.05, 4.69) is 6.92 Å². The molecule has 0 heterocycles. The highest BCUT2D eigenvalue weighted by Gasteiger charge is 1.97. The minimum absolute atomic E-state index is 0.179. The van der Waals surface area contributed by atoms with Crippen molar-refractivity contribution in [2.75, 3.05) is 0 Å². The Morgan fingerprint density at radius 3 is 2.21 bits per heavy atom. The van der Waals surface area contributed by atoms with Gasteiger partial charge in [-0.3, -0.25) is 4.79 Å². The van der Waals surface area contributed by atoms with Gasteiger partial charge in [-0.05, 0) is 25.7 Å². The Morgan fingerprint density at radius 1 is 0.917 bits per heavy atom. The Balaban J connectivity index is 3.80. The maximum atomic E-state index is 10.3. The molecule has 0 aliphatic carbocycles. The van der Waals surface area contributed by atoms with Crippen LogP contribution in [0, 0.1) is 0 Å². The van der Waals surface area contributed by atoms with E-state index in [0.717, 1.165) is 25.7 Å². The van der Waals surface area contributed by atoms with E-state index in [9.17, 15) is 15.0 Å². The van der Waals surface area contributed by atoms with Gasteiger partial charge in [0.2, 0.25) is 0 Å². The quantitative estimate of drug-likeness (QED) is 0.253. The molecule has 0 amide bonds.